The quantitative estimate of drug-likeness (QED) is 0.00493. The van der Waals surface area contributed by atoms with Crippen molar-refractivity contribution in [1.82, 2.24) is 0 Å². The highest BCUT2D eigenvalue weighted by atomic mass is 35.5. The molecule has 3 aliphatic heterocycles. The smallest absolute Gasteiger partial charge is 0.294 e. The standard InChI is InChI=1S/C38H47ClN2O12S4.C20H19ClN2.C15H21NO6S2.ClH/c1-37(2)30-24-28(54-53-52-42)14-16-32(30)40(20-5-7-22-55(43,44)45)34(37)18-12-26-10-9-11-27(36(26)39)13-19-35-38(3,4)31-25-29(57(49,50)51)15-17-33(31)41(35)21-6-8-23-56(46,47)48;21-20-16(14-22-18-10-3-1-4-11-18)8-7-9-17(20)15-23-19-12-5-2-6-13-19;1-11-15(2,3)13-10-12(23-22-21-17)6-7-14(13)16(11)8-4-5-9-24(18,19)20;/h12-19,24-25H,5-11,20-23H2,1-4H3,(H3-,42,43,44,45,46,47,48,49,50,51);1-6,10-15,22H,7-9H2;6-7,10H,4-5,8-9H2,1-3H3,(H-,17,18,19,20);1H. The van der Waals surface area contributed by atoms with Crippen LogP contribution in [0.15, 0.2) is 199 Å². The van der Waals surface area contributed by atoms with E-state index in [9.17, 15) is 51.9 Å². The summed E-state index contributed by atoms with van der Waals surface area (Å²) in [6, 6.07) is 36.1. The van der Waals surface area contributed by atoms with Crippen LogP contribution in [0.1, 0.15) is 142 Å². The molecule has 105 heavy (non-hydrogen) atoms. The minimum Gasteiger partial charge on any atom is -1.00 e. The Morgan fingerprint density at radius 2 is 1.13 bits per heavy atom. The summed E-state index contributed by atoms with van der Waals surface area (Å²) in [4.78, 5) is 6.56. The summed E-state index contributed by atoms with van der Waals surface area (Å²) in [6.45, 7) is 15.8. The number of halogens is 3. The van der Waals surface area contributed by atoms with Crippen molar-refractivity contribution in [2.24, 2.45) is 0 Å². The fraction of sp³-hybridized carbons (Fsp3) is 0.384. The average Bonchev–Trinajstić information content (AvgIpc) is 1.60. The number of benzene rings is 5. The molecule has 2 aliphatic carbocycles. The number of nitrogens with zero attached hydrogens (tertiary/aromatic N) is 3. The van der Waals surface area contributed by atoms with Gasteiger partial charge in [0, 0.05) is 128 Å². The Morgan fingerprint density at radius 1 is 0.600 bits per heavy atom. The maximum Gasteiger partial charge on any atom is 0.294 e. The van der Waals surface area contributed by atoms with E-state index in [1.165, 1.54) is 12.1 Å². The van der Waals surface area contributed by atoms with Crippen molar-refractivity contribution in [3.63, 3.8) is 0 Å². The van der Waals surface area contributed by atoms with E-state index in [1.807, 2.05) is 159 Å². The van der Waals surface area contributed by atoms with Crippen molar-refractivity contribution >= 4 is 134 Å². The van der Waals surface area contributed by atoms with Crippen LogP contribution in [-0.4, -0.2) is 126 Å². The van der Waals surface area contributed by atoms with Gasteiger partial charge in [0.05, 0.1) is 70.8 Å². The second-order valence-electron chi connectivity index (χ2n) is 27.0. The van der Waals surface area contributed by atoms with Gasteiger partial charge in [-0.2, -0.15) is 26.0 Å². The van der Waals surface area contributed by atoms with Crippen molar-refractivity contribution in [1.29, 1.82) is 0 Å². The molecule has 32 heteroatoms. The van der Waals surface area contributed by atoms with Crippen molar-refractivity contribution < 1.29 is 108 Å². The van der Waals surface area contributed by atoms with Crippen LogP contribution in [-0.2, 0) is 75.5 Å². The zero-order chi connectivity index (χ0) is 75.8. The second kappa shape index (κ2) is 38.0. The molecule has 0 radical (unpaired) electrons. The van der Waals surface area contributed by atoms with E-state index >= 15 is 0 Å². The van der Waals surface area contributed by atoms with E-state index in [0.29, 0.717) is 79.3 Å². The summed E-state index contributed by atoms with van der Waals surface area (Å²) in [5.41, 5.74) is 13.1. The van der Waals surface area contributed by atoms with Crippen molar-refractivity contribution in [3.05, 3.63) is 201 Å². The molecule has 570 valence electrons. The van der Waals surface area contributed by atoms with E-state index in [0.717, 1.165) is 133 Å². The van der Waals surface area contributed by atoms with Gasteiger partial charge in [-0.1, -0.05) is 95.7 Å². The lowest BCUT2D eigenvalue weighted by Gasteiger charge is -2.27. The third kappa shape index (κ3) is 23.8. The highest BCUT2D eigenvalue weighted by molar-refractivity contribution is 7.94. The number of unbranched alkanes of at least 4 members (excludes halogenated alkanes) is 3. The molecule has 0 atom stereocenters. The van der Waals surface area contributed by atoms with E-state index < -0.39 is 57.1 Å². The predicted octanol–water partition coefficient (Wildman–Crippen LogP) is 11.6. The van der Waals surface area contributed by atoms with Gasteiger partial charge in [0.15, 0.2) is 17.6 Å². The van der Waals surface area contributed by atoms with Crippen molar-refractivity contribution in [3.8, 4) is 0 Å². The van der Waals surface area contributed by atoms with Crippen LogP contribution in [0.3, 0.4) is 0 Å². The van der Waals surface area contributed by atoms with Crippen LogP contribution in [0.25, 0.3) is 0 Å². The fourth-order valence-electron chi connectivity index (χ4n) is 13.2. The van der Waals surface area contributed by atoms with Gasteiger partial charge in [-0.05, 0) is 175 Å². The lowest BCUT2D eigenvalue weighted by atomic mass is 9.81. The third-order valence-electron chi connectivity index (χ3n) is 18.8. The Bertz CT molecular complexity index is 4720. The first-order chi connectivity index (χ1) is 49.0. The SMILES string of the molecule is CC1(C)C(/C=C/C2=C(Cl)C(=C/C=C3/N(CCCCS(=O)(=O)O)c4ccc(S(=O)(=O)O)cc4C3(C)C)/CCC2)=[N+](CCCCS(=O)(=O)[O-])c2ccc(SOOO)cc21.CC1=[N+](CCCCS(=O)(=O)[O-])c2ccc(SOOO)cc2C1(C)C.ClC1=C(C=[NH+]c2ccccc2)CCCC1=CNc1ccccc1.[Cl-]. The fourth-order valence-corrected chi connectivity index (χ4v) is 16.8. The molecule has 3 heterocycles. The average molecular weight is 1620 g/mol. The lowest BCUT2D eigenvalue weighted by molar-refractivity contribution is -0.439. The van der Waals surface area contributed by atoms with E-state index in [-0.39, 0.29) is 47.1 Å². The van der Waals surface area contributed by atoms with Gasteiger partial charge in [-0.25, -0.2) is 32.3 Å². The Morgan fingerprint density at radius 3 is 1.70 bits per heavy atom. The second-order valence-corrected chi connectivity index (χ2v) is 35.3. The molecule has 0 aromatic heterocycles. The van der Waals surface area contributed by atoms with Crippen LogP contribution in [0.2, 0.25) is 0 Å². The molecule has 10 rings (SSSR count). The van der Waals surface area contributed by atoms with Gasteiger partial charge < -0.3 is 31.7 Å². The van der Waals surface area contributed by atoms with Gasteiger partial charge in [0.1, 0.15) is 13.1 Å². The topological polar surface area (TPSA) is 336 Å². The number of hydrogen-bond donors (Lipinski definition) is 6. The van der Waals surface area contributed by atoms with E-state index in [1.54, 1.807) is 6.07 Å². The highest BCUT2D eigenvalue weighted by Crippen LogP contribution is 2.50. The summed E-state index contributed by atoms with van der Waals surface area (Å²) in [5.74, 6) is -1.17. The van der Waals surface area contributed by atoms with Gasteiger partial charge in [0.25, 0.3) is 20.2 Å². The van der Waals surface area contributed by atoms with Crippen LogP contribution in [0, 0.1) is 0 Å². The highest BCUT2D eigenvalue weighted by Gasteiger charge is 2.46. The Balaban J connectivity index is 0.000000261. The normalized spacial score (nSPS) is 18.2. The van der Waals surface area contributed by atoms with Crippen LogP contribution in [0.5, 0.6) is 0 Å². The molecule has 5 aromatic carbocycles. The molecule has 0 bridgehead atoms. The first-order valence-corrected chi connectivity index (χ1v) is 42.1. The van der Waals surface area contributed by atoms with Gasteiger partial charge >= 0.3 is 0 Å². The maximum atomic E-state index is 12.1. The molecule has 0 saturated heterocycles. The van der Waals surface area contributed by atoms with Crippen LogP contribution >= 0.6 is 47.3 Å². The number of nitrogens with one attached hydrogen (secondary N) is 2. The van der Waals surface area contributed by atoms with Gasteiger partial charge in [-0.3, -0.25) is 9.11 Å². The molecule has 0 fully saturated rings. The van der Waals surface area contributed by atoms with Crippen LogP contribution < -0.4 is 27.6 Å². The number of fused-ring (bicyclic) bond motifs is 3. The summed E-state index contributed by atoms with van der Waals surface area (Å²) in [7, 11) is -17.1. The minimum absolute atomic E-state index is 0. The summed E-state index contributed by atoms with van der Waals surface area (Å²) in [6.07, 6.45) is 19.5. The molecule has 0 spiro atoms. The number of para-hydroxylation sites is 2. The Hall–Kier alpha value is -5.88. The first-order valence-electron chi connectivity index (χ1n) is 33.6. The van der Waals surface area contributed by atoms with Gasteiger partial charge in [-0.15, -0.1) is 8.67 Å². The largest absolute Gasteiger partial charge is 1.00 e. The molecular formula is C73H88Cl3N5O18S6. The molecule has 0 unspecified atom stereocenters. The third-order valence-corrected chi connectivity index (χ3v) is 24.2. The number of hydrogen-bond acceptors (Lipinski definition) is 20. The minimum atomic E-state index is -4.48. The van der Waals surface area contributed by atoms with Gasteiger partial charge in [0.2, 0.25) is 17.1 Å². The summed E-state index contributed by atoms with van der Waals surface area (Å²) in [5, 5.41) is 29.1. The summed E-state index contributed by atoms with van der Waals surface area (Å²) >= 11 is 15.5. The number of rotatable bonds is 29. The van der Waals surface area contributed by atoms with Crippen molar-refractivity contribution in [2.75, 3.05) is 47.1 Å². The Kier molecular flexibility index (Phi) is 31.2. The monoisotopic (exact) mass is 1620 g/mol. The Labute approximate surface area is 640 Å². The van der Waals surface area contributed by atoms with Crippen LogP contribution in [0.4, 0.5) is 28.4 Å². The first kappa shape index (κ1) is 86.4. The predicted molar refractivity (Wildman–Crippen MR) is 405 cm³/mol. The molecular weight excluding hydrogens is 1530 g/mol. The summed E-state index contributed by atoms with van der Waals surface area (Å²) < 4.78 is 145. The molecule has 23 nitrogen and oxygen atoms in total. The molecule has 0 amide bonds. The number of anilines is 2. The molecule has 5 aliphatic rings. The zero-order valence-corrected chi connectivity index (χ0v) is 66.3. The zero-order valence-electron chi connectivity index (χ0n) is 59.1. The van der Waals surface area contributed by atoms with E-state index in [2.05, 4.69) is 65.9 Å². The maximum absolute atomic E-state index is 12.1. The molecule has 5 aromatic rings. The van der Waals surface area contributed by atoms with E-state index in [4.69, 9.17) is 33.7 Å². The number of allylic oxidation sites excluding steroid dienone is 11. The molecule has 6 N–H and O–H groups in total. The molecule has 0 saturated carbocycles. The van der Waals surface area contributed by atoms with Crippen molar-refractivity contribution in [2.45, 2.75) is 156 Å². The lowest BCUT2D eigenvalue weighted by Crippen LogP contribution is -3.00.